The third kappa shape index (κ3) is 5.06. The Hall–Kier alpha value is -1.88. The van der Waals surface area contributed by atoms with Gasteiger partial charge in [-0.3, -0.25) is 9.59 Å². The van der Waals surface area contributed by atoms with Crippen LogP contribution in [-0.2, 0) is 9.53 Å². The van der Waals surface area contributed by atoms with Gasteiger partial charge in [0, 0.05) is 17.9 Å². The third-order valence-electron chi connectivity index (χ3n) is 4.67. The molecule has 1 N–H and O–H groups in total. The number of nitrogens with one attached hydrogen (secondary N) is 1. The van der Waals surface area contributed by atoms with Gasteiger partial charge in [-0.05, 0) is 64.0 Å². The first-order valence-electron chi connectivity index (χ1n) is 8.52. The lowest BCUT2D eigenvalue weighted by Crippen LogP contribution is -2.42. The summed E-state index contributed by atoms with van der Waals surface area (Å²) in [5.74, 6) is 0.698. The lowest BCUT2D eigenvalue weighted by Gasteiger charge is -2.36. The molecule has 1 saturated heterocycles. The van der Waals surface area contributed by atoms with Crippen molar-refractivity contribution in [3.8, 4) is 5.75 Å². The summed E-state index contributed by atoms with van der Waals surface area (Å²) in [5.41, 5.74) is 0.101. The standard InChI is InChI=1S/C19H27NO4/c1-19(2,15-10-12-20-13-11-15)24-18(22)9-8-17(21)14-4-6-16(23-3)7-5-14/h4-7,15,20H,8-13H2,1-3H3. The summed E-state index contributed by atoms with van der Waals surface area (Å²) in [4.78, 5) is 24.3. The molecule has 5 nitrogen and oxygen atoms in total. The van der Waals surface area contributed by atoms with Crippen molar-refractivity contribution >= 4 is 11.8 Å². The number of carbonyl (C=O) groups excluding carboxylic acids is 2. The minimum atomic E-state index is -0.484. The molecule has 0 saturated carbocycles. The number of piperidine rings is 1. The van der Waals surface area contributed by atoms with Crippen LogP contribution in [0.15, 0.2) is 24.3 Å². The van der Waals surface area contributed by atoms with Crippen molar-refractivity contribution in [2.45, 2.75) is 45.1 Å². The lowest BCUT2D eigenvalue weighted by atomic mass is 9.83. The molecule has 2 rings (SSSR count). The zero-order chi connectivity index (χ0) is 17.6. The van der Waals surface area contributed by atoms with Crippen LogP contribution in [0, 0.1) is 5.92 Å². The largest absolute Gasteiger partial charge is 0.497 e. The van der Waals surface area contributed by atoms with Gasteiger partial charge < -0.3 is 14.8 Å². The molecule has 0 bridgehead atoms. The van der Waals surface area contributed by atoms with Gasteiger partial charge in [-0.2, -0.15) is 0 Å². The van der Waals surface area contributed by atoms with Crippen molar-refractivity contribution in [2.24, 2.45) is 5.92 Å². The second kappa shape index (κ2) is 8.29. The van der Waals surface area contributed by atoms with E-state index in [9.17, 15) is 9.59 Å². The van der Waals surface area contributed by atoms with Crippen molar-refractivity contribution in [1.29, 1.82) is 0 Å². The van der Waals surface area contributed by atoms with E-state index in [2.05, 4.69) is 5.32 Å². The van der Waals surface area contributed by atoms with Crippen LogP contribution < -0.4 is 10.1 Å². The van der Waals surface area contributed by atoms with Crippen LogP contribution in [0.4, 0.5) is 0 Å². The molecule has 1 aromatic rings. The second-order valence-electron chi connectivity index (χ2n) is 6.75. The number of rotatable bonds is 7. The highest BCUT2D eigenvalue weighted by molar-refractivity contribution is 5.97. The first-order chi connectivity index (χ1) is 11.4. The Morgan fingerprint density at radius 3 is 2.33 bits per heavy atom. The molecule has 1 fully saturated rings. The van der Waals surface area contributed by atoms with Gasteiger partial charge in [0.15, 0.2) is 5.78 Å². The van der Waals surface area contributed by atoms with Gasteiger partial charge in [0.2, 0.25) is 0 Å². The van der Waals surface area contributed by atoms with Gasteiger partial charge in [0.05, 0.1) is 13.5 Å². The zero-order valence-corrected chi connectivity index (χ0v) is 14.8. The van der Waals surface area contributed by atoms with E-state index in [1.165, 1.54) is 0 Å². The minimum absolute atomic E-state index is 0.0609. The average molecular weight is 333 g/mol. The fourth-order valence-corrected chi connectivity index (χ4v) is 3.08. The summed E-state index contributed by atoms with van der Waals surface area (Å²) in [6, 6.07) is 6.91. The Balaban J connectivity index is 1.82. The summed E-state index contributed by atoms with van der Waals surface area (Å²) in [6.07, 6.45) is 2.28. The molecular formula is C19H27NO4. The highest BCUT2D eigenvalue weighted by Crippen LogP contribution is 2.29. The zero-order valence-electron chi connectivity index (χ0n) is 14.8. The van der Waals surface area contributed by atoms with E-state index in [1.807, 2.05) is 13.8 Å². The molecule has 132 valence electrons. The summed E-state index contributed by atoms with van der Waals surface area (Å²) in [7, 11) is 1.58. The fraction of sp³-hybridized carbons (Fsp3) is 0.579. The maximum absolute atomic E-state index is 12.2. The number of hydrogen-bond donors (Lipinski definition) is 1. The minimum Gasteiger partial charge on any atom is -0.497 e. The predicted molar refractivity (Wildman–Crippen MR) is 92.3 cm³/mol. The number of ether oxygens (including phenoxy) is 2. The Morgan fingerprint density at radius 2 is 1.75 bits per heavy atom. The van der Waals surface area contributed by atoms with E-state index in [4.69, 9.17) is 9.47 Å². The van der Waals surface area contributed by atoms with E-state index < -0.39 is 5.60 Å². The quantitative estimate of drug-likeness (QED) is 0.614. The highest BCUT2D eigenvalue weighted by Gasteiger charge is 2.34. The number of hydrogen-bond acceptors (Lipinski definition) is 5. The molecular weight excluding hydrogens is 306 g/mol. The number of carbonyl (C=O) groups is 2. The van der Waals surface area contributed by atoms with Crippen LogP contribution >= 0.6 is 0 Å². The van der Waals surface area contributed by atoms with Crippen LogP contribution in [0.1, 0.15) is 49.9 Å². The van der Waals surface area contributed by atoms with Crippen LogP contribution in [0.5, 0.6) is 5.75 Å². The Bertz CT molecular complexity index is 559. The summed E-state index contributed by atoms with van der Waals surface area (Å²) < 4.78 is 10.7. The molecule has 0 aromatic heterocycles. The Morgan fingerprint density at radius 1 is 1.12 bits per heavy atom. The van der Waals surface area contributed by atoms with Crippen LogP contribution in [0.25, 0.3) is 0 Å². The van der Waals surface area contributed by atoms with E-state index in [1.54, 1.807) is 31.4 Å². The first kappa shape index (κ1) is 18.5. The summed E-state index contributed by atoms with van der Waals surface area (Å²) >= 11 is 0. The molecule has 5 heteroatoms. The maximum atomic E-state index is 12.2. The molecule has 0 radical (unpaired) electrons. The van der Waals surface area contributed by atoms with Gasteiger partial charge in [-0.15, -0.1) is 0 Å². The Labute approximate surface area is 143 Å². The third-order valence-corrected chi connectivity index (χ3v) is 4.67. The van der Waals surface area contributed by atoms with Crippen LogP contribution in [-0.4, -0.2) is 37.6 Å². The normalized spacial score (nSPS) is 15.8. The van der Waals surface area contributed by atoms with Crippen molar-refractivity contribution < 1.29 is 19.1 Å². The molecule has 0 spiro atoms. The number of ketones is 1. The number of Topliss-reactive ketones (excluding diaryl/α,β-unsaturated/α-hetero) is 1. The molecule has 1 aromatic carbocycles. The molecule has 0 aliphatic carbocycles. The fourth-order valence-electron chi connectivity index (χ4n) is 3.08. The first-order valence-corrected chi connectivity index (χ1v) is 8.52. The molecule has 0 amide bonds. The van der Waals surface area contributed by atoms with Gasteiger partial charge in [-0.1, -0.05) is 0 Å². The van der Waals surface area contributed by atoms with Gasteiger partial charge in [0.25, 0.3) is 0 Å². The molecule has 1 heterocycles. The van der Waals surface area contributed by atoms with Gasteiger partial charge in [0.1, 0.15) is 11.4 Å². The smallest absolute Gasteiger partial charge is 0.306 e. The maximum Gasteiger partial charge on any atom is 0.306 e. The van der Waals surface area contributed by atoms with Crippen molar-refractivity contribution in [2.75, 3.05) is 20.2 Å². The topological polar surface area (TPSA) is 64.6 Å². The second-order valence-corrected chi connectivity index (χ2v) is 6.75. The van der Waals surface area contributed by atoms with Crippen LogP contribution in [0.2, 0.25) is 0 Å². The van der Waals surface area contributed by atoms with Gasteiger partial charge >= 0.3 is 5.97 Å². The van der Waals surface area contributed by atoms with Gasteiger partial charge in [-0.25, -0.2) is 0 Å². The van der Waals surface area contributed by atoms with Crippen LogP contribution in [0.3, 0.4) is 0 Å². The van der Waals surface area contributed by atoms with Crippen molar-refractivity contribution in [3.05, 3.63) is 29.8 Å². The molecule has 1 aliphatic heterocycles. The van der Waals surface area contributed by atoms with Crippen molar-refractivity contribution in [1.82, 2.24) is 5.32 Å². The van der Waals surface area contributed by atoms with E-state index in [0.717, 1.165) is 25.9 Å². The molecule has 0 unspecified atom stereocenters. The number of methoxy groups -OCH3 is 1. The SMILES string of the molecule is COc1ccc(C(=O)CCC(=O)OC(C)(C)C2CCNCC2)cc1. The highest BCUT2D eigenvalue weighted by atomic mass is 16.6. The van der Waals surface area contributed by atoms with Crippen molar-refractivity contribution in [3.63, 3.8) is 0 Å². The Kier molecular flexibility index (Phi) is 6.37. The van der Waals surface area contributed by atoms with E-state index >= 15 is 0 Å². The monoisotopic (exact) mass is 333 g/mol. The summed E-state index contributed by atoms with van der Waals surface area (Å²) in [6.45, 7) is 5.85. The predicted octanol–water partition coefficient (Wildman–Crippen LogP) is 2.98. The lowest BCUT2D eigenvalue weighted by molar-refractivity contribution is -0.162. The summed E-state index contributed by atoms with van der Waals surface area (Å²) in [5, 5.41) is 3.31. The van der Waals surface area contributed by atoms with E-state index in [-0.39, 0.29) is 24.6 Å². The molecule has 0 atom stereocenters. The number of esters is 1. The molecule has 1 aliphatic rings. The van der Waals surface area contributed by atoms with E-state index in [0.29, 0.717) is 17.2 Å². The average Bonchev–Trinajstić information content (AvgIpc) is 2.60. The molecule has 24 heavy (non-hydrogen) atoms. The number of benzene rings is 1.